The molecule has 1 aromatic rings. The van der Waals surface area contributed by atoms with Gasteiger partial charge in [-0.15, -0.1) is 11.3 Å². The lowest BCUT2D eigenvalue weighted by atomic mass is 9.75. The van der Waals surface area contributed by atoms with Gasteiger partial charge < -0.3 is 4.74 Å². The minimum Gasteiger partial charge on any atom is -0.375 e. The molecule has 1 aromatic heterocycles. The van der Waals surface area contributed by atoms with Crippen molar-refractivity contribution in [1.82, 2.24) is 4.98 Å². The molecule has 3 rings (SSSR count). The zero-order chi connectivity index (χ0) is 12.4. The van der Waals surface area contributed by atoms with E-state index in [-0.39, 0.29) is 17.3 Å². The van der Waals surface area contributed by atoms with Crippen molar-refractivity contribution in [2.75, 3.05) is 6.61 Å². The van der Waals surface area contributed by atoms with Gasteiger partial charge in [0.05, 0.1) is 16.0 Å². The second-order valence-electron chi connectivity index (χ2n) is 5.51. The Balaban J connectivity index is 1.72. The van der Waals surface area contributed by atoms with Crippen LogP contribution in [-0.4, -0.2) is 23.0 Å². The van der Waals surface area contributed by atoms with Crippen LogP contribution in [0.4, 0.5) is 0 Å². The summed E-state index contributed by atoms with van der Waals surface area (Å²) in [5.41, 5.74) is 1.75. The highest BCUT2D eigenvalue weighted by molar-refractivity contribution is 7.11. The van der Waals surface area contributed by atoms with Gasteiger partial charge in [-0.25, -0.2) is 0 Å². The van der Waals surface area contributed by atoms with E-state index in [0.29, 0.717) is 0 Å². The van der Waals surface area contributed by atoms with E-state index in [1.165, 1.54) is 30.6 Å². The molecule has 2 aliphatic rings. The van der Waals surface area contributed by atoms with E-state index >= 15 is 0 Å². The topological polar surface area (TPSA) is 39.2 Å². The molecule has 0 aromatic carbocycles. The highest BCUT2D eigenvalue weighted by Crippen LogP contribution is 2.41. The average molecular weight is 265 g/mol. The Bertz CT molecular complexity index is 404. The number of carbonyl (C=O) groups is 1. The minimum atomic E-state index is 0.0154. The number of thiazole rings is 1. The lowest BCUT2D eigenvalue weighted by Crippen LogP contribution is -2.43. The van der Waals surface area contributed by atoms with Crippen LogP contribution in [0.5, 0.6) is 0 Å². The summed E-state index contributed by atoms with van der Waals surface area (Å²) in [5.74, 6) is 0.433. The van der Waals surface area contributed by atoms with E-state index in [9.17, 15) is 4.79 Å². The van der Waals surface area contributed by atoms with Crippen LogP contribution < -0.4 is 0 Å². The quantitative estimate of drug-likeness (QED) is 0.769. The fourth-order valence-electron chi connectivity index (χ4n) is 3.33. The first-order chi connectivity index (χ1) is 8.79. The minimum absolute atomic E-state index is 0.0154. The molecule has 2 heterocycles. The van der Waals surface area contributed by atoms with Crippen LogP contribution in [0.15, 0.2) is 11.7 Å². The van der Waals surface area contributed by atoms with Gasteiger partial charge in [-0.2, -0.15) is 0 Å². The predicted molar refractivity (Wildman–Crippen MR) is 70.9 cm³/mol. The standard InChI is InChI=1S/C14H19NO2S/c16-13(12-9-15-10-18-12)11-4-7-17-14(8-11)5-2-1-3-6-14/h9-11H,1-8H2. The highest BCUT2D eigenvalue weighted by atomic mass is 32.1. The fourth-order valence-corrected chi connectivity index (χ4v) is 3.97. The van der Waals surface area contributed by atoms with E-state index in [1.54, 1.807) is 11.7 Å². The highest BCUT2D eigenvalue weighted by Gasteiger charge is 2.40. The van der Waals surface area contributed by atoms with Crippen molar-refractivity contribution in [2.24, 2.45) is 5.92 Å². The lowest BCUT2D eigenvalue weighted by molar-refractivity contribution is -0.111. The molecule has 1 aliphatic heterocycles. The second kappa shape index (κ2) is 5.10. The summed E-state index contributed by atoms with van der Waals surface area (Å²) < 4.78 is 6.04. The summed E-state index contributed by atoms with van der Waals surface area (Å²) in [4.78, 5) is 17.2. The van der Waals surface area contributed by atoms with E-state index < -0.39 is 0 Å². The van der Waals surface area contributed by atoms with Crippen LogP contribution in [0.25, 0.3) is 0 Å². The number of rotatable bonds is 2. The largest absolute Gasteiger partial charge is 0.375 e. The molecular weight excluding hydrogens is 246 g/mol. The average Bonchev–Trinajstić information content (AvgIpc) is 2.93. The van der Waals surface area contributed by atoms with Crippen LogP contribution in [0.1, 0.15) is 54.6 Å². The number of hydrogen-bond acceptors (Lipinski definition) is 4. The molecule has 0 radical (unpaired) electrons. The first kappa shape index (κ1) is 12.3. The van der Waals surface area contributed by atoms with Crippen molar-refractivity contribution in [2.45, 2.75) is 50.5 Å². The maximum absolute atomic E-state index is 12.4. The van der Waals surface area contributed by atoms with Crippen LogP contribution in [-0.2, 0) is 4.74 Å². The Hall–Kier alpha value is -0.740. The molecule has 0 amide bonds. The Kier molecular flexibility index (Phi) is 3.48. The smallest absolute Gasteiger partial charge is 0.177 e. The molecule has 1 saturated heterocycles. The molecule has 1 atom stereocenters. The van der Waals surface area contributed by atoms with E-state index in [0.717, 1.165) is 37.2 Å². The van der Waals surface area contributed by atoms with Crippen molar-refractivity contribution >= 4 is 17.1 Å². The van der Waals surface area contributed by atoms with Gasteiger partial charge >= 0.3 is 0 Å². The Labute approximate surface area is 112 Å². The van der Waals surface area contributed by atoms with Crippen LogP contribution in [0.2, 0.25) is 0 Å². The molecule has 3 nitrogen and oxygen atoms in total. The molecule has 18 heavy (non-hydrogen) atoms. The number of Topliss-reactive ketones (excluding diaryl/α,β-unsaturated/α-hetero) is 1. The molecule has 1 saturated carbocycles. The van der Waals surface area contributed by atoms with Crippen molar-refractivity contribution in [3.05, 3.63) is 16.6 Å². The van der Waals surface area contributed by atoms with Crippen LogP contribution >= 0.6 is 11.3 Å². The van der Waals surface area contributed by atoms with E-state index in [4.69, 9.17) is 4.74 Å². The fraction of sp³-hybridized carbons (Fsp3) is 0.714. The van der Waals surface area contributed by atoms with Crippen molar-refractivity contribution in [3.8, 4) is 0 Å². The molecule has 4 heteroatoms. The second-order valence-corrected chi connectivity index (χ2v) is 6.40. The lowest BCUT2D eigenvalue weighted by Gasteiger charge is -2.43. The van der Waals surface area contributed by atoms with Gasteiger partial charge in [-0.3, -0.25) is 9.78 Å². The third-order valence-corrected chi connectivity index (χ3v) is 5.09. The third kappa shape index (κ3) is 2.36. The SMILES string of the molecule is O=C(c1cncs1)C1CCOC2(CCCCC2)C1. The van der Waals surface area contributed by atoms with Crippen molar-refractivity contribution in [3.63, 3.8) is 0 Å². The molecule has 2 fully saturated rings. The summed E-state index contributed by atoms with van der Waals surface area (Å²) in [6, 6.07) is 0. The molecule has 1 unspecified atom stereocenters. The summed E-state index contributed by atoms with van der Waals surface area (Å²) in [7, 11) is 0. The number of aromatic nitrogens is 1. The van der Waals surface area contributed by atoms with Gasteiger partial charge in [-0.05, 0) is 25.7 Å². The molecule has 1 aliphatic carbocycles. The number of ketones is 1. The summed E-state index contributed by atoms with van der Waals surface area (Å²) in [6.07, 6.45) is 9.60. The van der Waals surface area contributed by atoms with Gasteiger partial charge in [0.25, 0.3) is 0 Å². The van der Waals surface area contributed by atoms with Crippen molar-refractivity contribution < 1.29 is 9.53 Å². The third-order valence-electron chi connectivity index (χ3n) is 4.30. The number of hydrogen-bond donors (Lipinski definition) is 0. The monoisotopic (exact) mass is 265 g/mol. The summed E-state index contributed by atoms with van der Waals surface area (Å²) in [6.45, 7) is 0.745. The van der Waals surface area contributed by atoms with Gasteiger partial charge in [0.2, 0.25) is 0 Å². The predicted octanol–water partition coefficient (Wildman–Crippen LogP) is 3.46. The van der Waals surface area contributed by atoms with Crippen molar-refractivity contribution in [1.29, 1.82) is 0 Å². The Morgan fingerprint density at radius 2 is 2.22 bits per heavy atom. The molecule has 1 spiro atoms. The molecule has 98 valence electrons. The molecule has 0 bridgehead atoms. The first-order valence-electron chi connectivity index (χ1n) is 6.86. The first-order valence-corrected chi connectivity index (χ1v) is 7.74. The maximum Gasteiger partial charge on any atom is 0.177 e. The number of ether oxygens (including phenoxy) is 1. The number of carbonyl (C=O) groups excluding carboxylic acids is 1. The van der Waals surface area contributed by atoms with Gasteiger partial charge in [0.15, 0.2) is 5.78 Å². The van der Waals surface area contributed by atoms with E-state index in [2.05, 4.69) is 4.98 Å². The van der Waals surface area contributed by atoms with Gasteiger partial charge in [0.1, 0.15) is 0 Å². The van der Waals surface area contributed by atoms with Gasteiger partial charge in [0, 0.05) is 18.7 Å². The zero-order valence-corrected chi connectivity index (χ0v) is 11.4. The number of nitrogens with zero attached hydrogens (tertiary/aromatic N) is 1. The Morgan fingerprint density at radius 3 is 2.94 bits per heavy atom. The molecule has 0 N–H and O–H groups in total. The van der Waals surface area contributed by atoms with Crippen LogP contribution in [0.3, 0.4) is 0 Å². The summed E-state index contributed by atoms with van der Waals surface area (Å²) in [5, 5.41) is 0. The van der Waals surface area contributed by atoms with Gasteiger partial charge in [-0.1, -0.05) is 19.3 Å². The van der Waals surface area contributed by atoms with E-state index in [1.807, 2.05) is 0 Å². The normalized spacial score (nSPS) is 27.2. The maximum atomic E-state index is 12.4. The zero-order valence-electron chi connectivity index (χ0n) is 10.6. The Morgan fingerprint density at radius 1 is 1.39 bits per heavy atom. The summed E-state index contributed by atoms with van der Waals surface area (Å²) >= 11 is 1.46. The van der Waals surface area contributed by atoms with Crippen LogP contribution in [0, 0.1) is 5.92 Å². The molecular formula is C14H19NO2S.